The number of hydrogen-bond acceptors (Lipinski definition) is 5. The van der Waals surface area contributed by atoms with Crippen LogP contribution in [0.15, 0.2) is 12.1 Å². The maximum absolute atomic E-state index is 12.5. The molecule has 1 aliphatic heterocycles. The van der Waals surface area contributed by atoms with Crippen molar-refractivity contribution in [3.8, 4) is 0 Å². The number of sulfone groups is 1. The average molecular weight is 338 g/mol. The summed E-state index contributed by atoms with van der Waals surface area (Å²) >= 11 is 7.05. The van der Waals surface area contributed by atoms with Crippen molar-refractivity contribution in [1.29, 1.82) is 0 Å². The quantitative estimate of drug-likeness (QED) is 0.820. The van der Waals surface area contributed by atoms with Gasteiger partial charge in [0.15, 0.2) is 9.84 Å². The van der Waals surface area contributed by atoms with Crippen LogP contribution in [-0.4, -0.2) is 57.0 Å². The Hall–Kier alpha value is -0.630. The molecule has 0 aromatic carbocycles. The highest BCUT2D eigenvalue weighted by atomic mass is 35.5. The van der Waals surface area contributed by atoms with Crippen LogP contribution in [0.25, 0.3) is 0 Å². The van der Waals surface area contributed by atoms with Gasteiger partial charge in [-0.05, 0) is 18.6 Å². The molecule has 20 heavy (non-hydrogen) atoms. The van der Waals surface area contributed by atoms with Crippen molar-refractivity contribution in [2.75, 3.05) is 31.8 Å². The van der Waals surface area contributed by atoms with E-state index in [1.807, 2.05) is 0 Å². The van der Waals surface area contributed by atoms with Gasteiger partial charge in [-0.2, -0.15) is 0 Å². The largest absolute Gasteiger partial charge is 0.383 e. The zero-order chi connectivity index (χ0) is 14.8. The number of methoxy groups -OCH3 is 1. The Morgan fingerprint density at radius 2 is 2.30 bits per heavy atom. The average Bonchev–Trinajstić information content (AvgIpc) is 2.96. The van der Waals surface area contributed by atoms with E-state index in [0.29, 0.717) is 28.8 Å². The molecule has 1 aromatic heterocycles. The Morgan fingerprint density at radius 1 is 1.55 bits per heavy atom. The van der Waals surface area contributed by atoms with Gasteiger partial charge < -0.3 is 9.64 Å². The van der Waals surface area contributed by atoms with Crippen molar-refractivity contribution in [2.45, 2.75) is 12.5 Å². The summed E-state index contributed by atoms with van der Waals surface area (Å²) in [5.74, 6) is -0.0117. The van der Waals surface area contributed by atoms with Crippen LogP contribution in [-0.2, 0) is 14.6 Å². The Kier molecular flexibility index (Phi) is 5.06. The highest BCUT2D eigenvalue weighted by Gasteiger charge is 2.35. The fourth-order valence-corrected chi connectivity index (χ4v) is 4.96. The van der Waals surface area contributed by atoms with Crippen molar-refractivity contribution in [3.05, 3.63) is 21.3 Å². The van der Waals surface area contributed by atoms with E-state index in [9.17, 15) is 13.2 Å². The predicted octanol–water partition coefficient (Wildman–Crippen LogP) is 1.68. The van der Waals surface area contributed by atoms with Gasteiger partial charge in [0, 0.05) is 19.7 Å². The van der Waals surface area contributed by atoms with Crippen LogP contribution in [0.1, 0.15) is 16.1 Å². The zero-order valence-electron chi connectivity index (χ0n) is 11.0. The van der Waals surface area contributed by atoms with Crippen LogP contribution in [0.4, 0.5) is 0 Å². The normalized spacial score (nSPS) is 21.0. The van der Waals surface area contributed by atoms with E-state index >= 15 is 0 Å². The SMILES string of the molecule is COCCN(C(=O)c1ccc(Cl)s1)C1CCS(=O)(=O)C1. The van der Waals surface area contributed by atoms with Crippen LogP contribution < -0.4 is 0 Å². The van der Waals surface area contributed by atoms with Crippen LogP contribution in [0, 0.1) is 0 Å². The third-order valence-corrected chi connectivity index (χ3v) is 6.20. The minimum Gasteiger partial charge on any atom is -0.383 e. The molecule has 0 radical (unpaired) electrons. The second-order valence-corrected chi connectivity index (χ2v) is 8.60. The molecule has 8 heteroatoms. The molecule has 1 saturated heterocycles. The first kappa shape index (κ1) is 15.8. The molecular formula is C12H16ClNO4S2. The third-order valence-electron chi connectivity index (χ3n) is 3.23. The molecule has 1 fully saturated rings. The molecular weight excluding hydrogens is 322 g/mol. The summed E-state index contributed by atoms with van der Waals surface area (Å²) in [6, 6.07) is 3.06. The molecule has 1 amide bonds. The molecule has 1 aromatic rings. The smallest absolute Gasteiger partial charge is 0.264 e. The van der Waals surface area contributed by atoms with E-state index in [1.165, 1.54) is 11.3 Å². The molecule has 2 rings (SSSR count). The van der Waals surface area contributed by atoms with Crippen molar-refractivity contribution >= 4 is 38.7 Å². The molecule has 5 nitrogen and oxygen atoms in total. The fraction of sp³-hybridized carbons (Fsp3) is 0.583. The summed E-state index contributed by atoms with van der Waals surface area (Å²) in [6.07, 6.45) is 0.483. The van der Waals surface area contributed by atoms with Crippen molar-refractivity contribution in [2.24, 2.45) is 0 Å². The van der Waals surface area contributed by atoms with Crippen LogP contribution in [0.3, 0.4) is 0 Å². The Labute approximate surface area is 127 Å². The van der Waals surface area contributed by atoms with E-state index < -0.39 is 9.84 Å². The zero-order valence-corrected chi connectivity index (χ0v) is 13.4. The van der Waals surface area contributed by atoms with E-state index in [1.54, 1.807) is 24.1 Å². The minimum absolute atomic E-state index is 0.0293. The maximum atomic E-state index is 12.5. The van der Waals surface area contributed by atoms with E-state index in [2.05, 4.69) is 0 Å². The van der Waals surface area contributed by atoms with Gasteiger partial charge in [0.05, 0.1) is 27.3 Å². The van der Waals surface area contributed by atoms with Crippen LogP contribution in [0.2, 0.25) is 4.34 Å². The number of hydrogen-bond donors (Lipinski definition) is 0. The highest BCUT2D eigenvalue weighted by Crippen LogP contribution is 2.25. The van der Waals surface area contributed by atoms with Crippen molar-refractivity contribution < 1.29 is 17.9 Å². The summed E-state index contributed by atoms with van der Waals surface area (Å²) < 4.78 is 28.7. The summed E-state index contributed by atoms with van der Waals surface area (Å²) in [5, 5.41) is 0. The molecule has 1 aliphatic rings. The number of amides is 1. The Morgan fingerprint density at radius 3 is 2.80 bits per heavy atom. The van der Waals surface area contributed by atoms with Gasteiger partial charge in [0.2, 0.25) is 0 Å². The highest BCUT2D eigenvalue weighted by molar-refractivity contribution is 7.91. The number of carbonyl (C=O) groups is 1. The molecule has 2 heterocycles. The molecule has 0 saturated carbocycles. The van der Waals surface area contributed by atoms with Crippen molar-refractivity contribution in [3.63, 3.8) is 0 Å². The number of rotatable bonds is 5. The predicted molar refractivity (Wildman–Crippen MR) is 79.3 cm³/mol. The molecule has 0 bridgehead atoms. The monoisotopic (exact) mass is 337 g/mol. The standard InChI is InChI=1S/C12H16ClNO4S2/c1-18-6-5-14(9-4-7-20(16,17)8-9)12(15)10-2-3-11(13)19-10/h2-3,9H,4-8H2,1H3. The number of thiophene rings is 1. The molecule has 0 N–H and O–H groups in total. The van der Waals surface area contributed by atoms with Gasteiger partial charge in [-0.25, -0.2) is 8.42 Å². The lowest BCUT2D eigenvalue weighted by Crippen LogP contribution is -2.42. The number of halogens is 1. The molecule has 0 aliphatic carbocycles. The lowest BCUT2D eigenvalue weighted by atomic mass is 10.2. The fourth-order valence-electron chi connectivity index (χ4n) is 2.23. The second-order valence-electron chi connectivity index (χ2n) is 4.65. The van der Waals surface area contributed by atoms with E-state index in [0.717, 1.165) is 0 Å². The summed E-state index contributed by atoms with van der Waals surface area (Å²) in [7, 11) is -1.48. The summed E-state index contributed by atoms with van der Waals surface area (Å²) in [4.78, 5) is 14.6. The van der Waals surface area contributed by atoms with Crippen LogP contribution in [0.5, 0.6) is 0 Å². The van der Waals surface area contributed by atoms with Crippen LogP contribution >= 0.6 is 22.9 Å². The Balaban J connectivity index is 2.17. The molecule has 1 unspecified atom stereocenters. The Bertz CT molecular complexity index is 584. The number of ether oxygens (including phenoxy) is 1. The summed E-state index contributed by atoms with van der Waals surface area (Å²) in [6.45, 7) is 0.756. The first-order valence-corrected chi connectivity index (χ1v) is 9.20. The maximum Gasteiger partial charge on any atom is 0.264 e. The first-order valence-electron chi connectivity index (χ1n) is 6.18. The van der Waals surface area contributed by atoms with Gasteiger partial charge in [-0.1, -0.05) is 11.6 Å². The van der Waals surface area contributed by atoms with Gasteiger partial charge >= 0.3 is 0 Å². The number of carbonyl (C=O) groups excluding carboxylic acids is 1. The molecule has 112 valence electrons. The molecule has 1 atom stereocenters. The number of nitrogens with zero attached hydrogens (tertiary/aromatic N) is 1. The van der Waals surface area contributed by atoms with Crippen molar-refractivity contribution in [1.82, 2.24) is 4.90 Å². The topological polar surface area (TPSA) is 63.7 Å². The third kappa shape index (κ3) is 3.72. The van der Waals surface area contributed by atoms with Gasteiger partial charge in [-0.3, -0.25) is 4.79 Å². The second kappa shape index (κ2) is 6.43. The summed E-state index contributed by atoms with van der Waals surface area (Å²) in [5.41, 5.74) is 0. The van der Waals surface area contributed by atoms with Gasteiger partial charge in [0.1, 0.15) is 0 Å². The van der Waals surface area contributed by atoms with E-state index in [4.69, 9.17) is 16.3 Å². The van der Waals surface area contributed by atoms with E-state index in [-0.39, 0.29) is 23.5 Å². The van der Waals surface area contributed by atoms with Gasteiger partial charge in [0.25, 0.3) is 5.91 Å². The first-order chi connectivity index (χ1) is 9.43. The van der Waals surface area contributed by atoms with Gasteiger partial charge in [-0.15, -0.1) is 11.3 Å². The lowest BCUT2D eigenvalue weighted by Gasteiger charge is -2.27. The molecule has 0 spiro atoms. The lowest BCUT2D eigenvalue weighted by molar-refractivity contribution is 0.0629. The minimum atomic E-state index is -3.03.